The lowest BCUT2D eigenvalue weighted by Gasteiger charge is -2.33. The first-order valence-electron chi connectivity index (χ1n) is 13.3. The van der Waals surface area contributed by atoms with Crippen molar-refractivity contribution in [2.45, 2.75) is 83.3 Å². The Morgan fingerprint density at radius 2 is 1.69 bits per heavy atom. The van der Waals surface area contributed by atoms with Crippen molar-refractivity contribution in [2.24, 2.45) is 0 Å². The average molecular weight is 485 g/mol. The lowest BCUT2D eigenvalue weighted by atomic mass is 9.77. The molecule has 4 aliphatic rings. The Bertz CT molecular complexity index is 1200. The molecule has 1 aliphatic carbocycles. The Kier molecular flexibility index (Phi) is 5.82. The van der Waals surface area contributed by atoms with Crippen LogP contribution < -0.4 is 15.1 Å². The number of benzene rings is 2. The Hall–Kier alpha value is -2.54. The highest BCUT2D eigenvalue weighted by Gasteiger charge is 2.53. The summed E-state index contributed by atoms with van der Waals surface area (Å²) in [5.41, 5.74) is 4.76. The molecule has 2 aromatic carbocycles. The van der Waals surface area contributed by atoms with E-state index in [1.54, 1.807) is 0 Å². The van der Waals surface area contributed by atoms with Gasteiger partial charge in [0.15, 0.2) is 6.29 Å². The number of aryl methyl sites for hydroxylation is 1. The molecule has 0 saturated carbocycles. The van der Waals surface area contributed by atoms with E-state index in [0.29, 0.717) is 5.92 Å². The average Bonchev–Trinajstić information content (AvgIpc) is 3.30. The van der Waals surface area contributed by atoms with Crippen molar-refractivity contribution in [1.82, 2.24) is 0 Å². The van der Waals surface area contributed by atoms with E-state index in [0.717, 1.165) is 48.3 Å². The minimum atomic E-state index is -0.525. The number of allylic oxidation sites excluding steroid dienone is 2. The fraction of sp³-hybridized carbons (Fsp3) is 0.467. The predicted octanol–water partition coefficient (Wildman–Crippen LogP) is 5.93. The molecule has 0 aromatic heterocycles. The highest BCUT2D eigenvalue weighted by atomic mass is 16.7. The monoisotopic (exact) mass is 485 g/mol. The molecule has 6 rings (SSSR count). The zero-order valence-corrected chi connectivity index (χ0v) is 22.0. The smallest absolute Gasteiger partial charge is 0.463 e. The van der Waals surface area contributed by atoms with E-state index < -0.39 is 18.3 Å². The number of nitrogens with zero attached hydrogens (tertiary/aromatic N) is 1. The molecular formula is C30H36BNO4. The highest BCUT2D eigenvalue weighted by Crippen LogP contribution is 2.50. The third kappa shape index (κ3) is 3.91. The molecule has 0 N–H and O–H groups in total. The third-order valence-electron chi connectivity index (χ3n) is 8.36. The molecule has 0 radical (unpaired) electrons. The Morgan fingerprint density at radius 1 is 0.944 bits per heavy atom. The van der Waals surface area contributed by atoms with Crippen LogP contribution in [0.5, 0.6) is 5.75 Å². The predicted molar refractivity (Wildman–Crippen MR) is 145 cm³/mol. The summed E-state index contributed by atoms with van der Waals surface area (Å²) < 4.78 is 25.9. The fourth-order valence-corrected chi connectivity index (χ4v) is 5.74. The largest absolute Gasteiger partial charge is 0.498 e. The molecule has 3 atom stereocenters. The minimum Gasteiger partial charge on any atom is -0.463 e. The number of hydrogen-bond acceptors (Lipinski definition) is 5. The SMILES string of the molecule is Cc1cc(B2OC(C)(C)C(C)(C)O2)c(OC2CCCCO2)c(N2c3ccccc3C3C=CC=CC32)c1. The van der Waals surface area contributed by atoms with Gasteiger partial charge in [-0.1, -0.05) is 48.6 Å². The normalized spacial score (nSPS) is 27.8. The minimum absolute atomic E-state index is 0.176. The Labute approximate surface area is 215 Å². The molecule has 0 spiro atoms. The maximum atomic E-state index is 6.76. The highest BCUT2D eigenvalue weighted by molar-refractivity contribution is 6.63. The van der Waals surface area contributed by atoms with Crippen molar-refractivity contribution in [3.8, 4) is 5.75 Å². The van der Waals surface area contributed by atoms with Crippen molar-refractivity contribution in [1.29, 1.82) is 0 Å². The molecule has 188 valence electrons. The number of anilines is 2. The summed E-state index contributed by atoms with van der Waals surface area (Å²) >= 11 is 0. The number of ether oxygens (including phenoxy) is 2. The topological polar surface area (TPSA) is 40.2 Å². The van der Waals surface area contributed by atoms with Crippen molar-refractivity contribution in [3.05, 3.63) is 71.8 Å². The fourth-order valence-electron chi connectivity index (χ4n) is 5.74. The van der Waals surface area contributed by atoms with Gasteiger partial charge in [0.25, 0.3) is 0 Å². The van der Waals surface area contributed by atoms with E-state index >= 15 is 0 Å². The summed E-state index contributed by atoms with van der Waals surface area (Å²) in [6.45, 7) is 11.2. The molecule has 0 bridgehead atoms. The lowest BCUT2D eigenvalue weighted by Crippen LogP contribution is -2.41. The van der Waals surface area contributed by atoms with Crippen molar-refractivity contribution < 1.29 is 18.8 Å². The van der Waals surface area contributed by atoms with Gasteiger partial charge in [-0.25, -0.2) is 0 Å². The molecular weight excluding hydrogens is 449 g/mol. The van der Waals surface area contributed by atoms with E-state index in [2.05, 4.69) is 100 Å². The first-order chi connectivity index (χ1) is 17.2. The van der Waals surface area contributed by atoms with Crippen LogP contribution >= 0.6 is 0 Å². The first kappa shape index (κ1) is 23.8. The van der Waals surface area contributed by atoms with E-state index in [1.165, 1.54) is 11.3 Å². The number of fused-ring (bicyclic) bond motifs is 3. The van der Waals surface area contributed by atoms with Crippen LogP contribution in [0.3, 0.4) is 0 Å². The van der Waals surface area contributed by atoms with E-state index in [-0.39, 0.29) is 12.3 Å². The Balaban J connectivity index is 1.51. The second-order valence-corrected chi connectivity index (χ2v) is 11.4. The van der Waals surface area contributed by atoms with Crippen LogP contribution in [0, 0.1) is 6.92 Å². The van der Waals surface area contributed by atoms with Crippen LogP contribution in [-0.4, -0.2) is 37.3 Å². The summed E-state index contributed by atoms with van der Waals surface area (Å²) in [6, 6.07) is 13.3. The Morgan fingerprint density at radius 3 is 2.44 bits per heavy atom. The van der Waals surface area contributed by atoms with Crippen molar-refractivity contribution in [3.63, 3.8) is 0 Å². The third-order valence-corrected chi connectivity index (χ3v) is 8.36. The lowest BCUT2D eigenvalue weighted by molar-refractivity contribution is -0.105. The molecule has 3 aliphatic heterocycles. The second kappa shape index (κ2) is 8.79. The maximum absolute atomic E-state index is 6.76. The second-order valence-electron chi connectivity index (χ2n) is 11.4. The summed E-state index contributed by atoms with van der Waals surface area (Å²) in [7, 11) is -0.525. The number of hydrogen-bond donors (Lipinski definition) is 0. The zero-order valence-electron chi connectivity index (χ0n) is 22.0. The molecule has 0 amide bonds. The van der Waals surface area contributed by atoms with Crippen molar-refractivity contribution >= 4 is 24.0 Å². The maximum Gasteiger partial charge on any atom is 0.498 e. The quantitative estimate of drug-likeness (QED) is 0.502. The summed E-state index contributed by atoms with van der Waals surface area (Å²) in [5.74, 6) is 1.09. The molecule has 2 aromatic rings. The summed E-state index contributed by atoms with van der Waals surface area (Å²) in [4.78, 5) is 2.43. The van der Waals surface area contributed by atoms with Gasteiger partial charge in [0.2, 0.25) is 0 Å². The van der Waals surface area contributed by atoms with Gasteiger partial charge in [-0.05, 0) is 70.7 Å². The number of para-hydroxylation sites is 1. The van der Waals surface area contributed by atoms with Gasteiger partial charge in [0, 0.05) is 23.5 Å². The molecule has 2 saturated heterocycles. The standard InChI is InChI=1S/C30H36BNO4/c1-20-18-23(31-35-29(2,3)30(4,5)36-31)28(34-27-16-10-11-17-33-27)26(19-20)32-24-14-8-6-12-21(24)22-13-7-9-15-25(22)32/h6-9,12-15,18-19,21,24,27H,10-11,16-17H2,1-5H3. The van der Waals surface area contributed by atoms with Gasteiger partial charge >= 0.3 is 7.12 Å². The molecule has 3 unspecified atom stereocenters. The van der Waals surface area contributed by atoms with Crippen LogP contribution in [0.1, 0.15) is 64.0 Å². The number of rotatable bonds is 4. The van der Waals surface area contributed by atoms with Crippen molar-refractivity contribution in [2.75, 3.05) is 11.5 Å². The van der Waals surface area contributed by atoms with Gasteiger partial charge in [0.1, 0.15) is 5.75 Å². The van der Waals surface area contributed by atoms with Gasteiger partial charge in [-0.2, -0.15) is 0 Å². The van der Waals surface area contributed by atoms with E-state index in [1.807, 2.05) is 0 Å². The van der Waals surface area contributed by atoms with Crippen LogP contribution in [0.25, 0.3) is 0 Å². The van der Waals surface area contributed by atoms with E-state index in [4.69, 9.17) is 18.8 Å². The van der Waals surface area contributed by atoms with Crippen LogP contribution in [0.4, 0.5) is 11.4 Å². The molecule has 5 nitrogen and oxygen atoms in total. The van der Waals surface area contributed by atoms with Crippen LogP contribution in [0.15, 0.2) is 60.7 Å². The molecule has 6 heteroatoms. The molecule has 36 heavy (non-hydrogen) atoms. The summed E-state index contributed by atoms with van der Waals surface area (Å²) in [5, 5.41) is 0. The van der Waals surface area contributed by atoms with E-state index in [9.17, 15) is 0 Å². The van der Waals surface area contributed by atoms with Crippen LogP contribution in [0.2, 0.25) is 0 Å². The molecule has 2 fully saturated rings. The van der Waals surface area contributed by atoms with Gasteiger partial charge in [-0.3, -0.25) is 0 Å². The van der Waals surface area contributed by atoms with Crippen LogP contribution in [-0.2, 0) is 14.0 Å². The first-order valence-corrected chi connectivity index (χ1v) is 13.3. The van der Waals surface area contributed by atoms with Gasteiger partial charge < -0.3 is 23.7 Å². The zero-order chi connectivity index (χ0) is 25.1. The van der Waals surface area contributed by atoms with Gasteiger partial charge in [-0.15, -0.1) is 0 Å². The summed E-state index contributed by atoms with van der Waals surface area (Å²) in [6.07, 6.45) is 11.7. The molecule has 3 heterocycles. The van der Waals surface area contributed by atoms with Gasteiger partial charge in [0.05, 0.1) is 29.5 Å².